The summed E-state index contributed by atoms with van der Waals surface area (Å²) in [6.45, 7) is 9.28. The van der Waals surface area contributed by atoms with Gasteiger partial charge in [-0.2, -0.15) is 0 Å². The van der Waals surface area contributed by atoms with Gasteiger partial charge in [-0.3, -0.25) is 4.90 Å². The van der Waals surface area contributed by atoms with Crippen LogP contribution in [0.2, 0.25) is 0 Å². The Labute approximate surface area is 99.5 Å². The molecule has 1 aromatic carbocycles. The number of fused-ring (bicyclic) bond motifs is 1. The van der Waals surface area contributed by atoms with Gasteiger partial charge in [0.25, 0.3) is 0 Å². The summed E-state index contributed by atoms with van der Waals surface area (Å²) >= 11 is 0. The molecule has 0 amide bonds. The Morgan fingerprint density at radius 2 is 2.12 bits per heavy atom. The number of nitrogens with zero attached hydrogens (tertiary/aromatic N) is 1. The first-order valence-electron chi connectivity index (χ1n) is 6.60. The summed E-state index contributed by atoms with van der Waals surface area (Å²) in [5.74, 6) is 0. The average molecular weight is 217 g/mol. The molecular formula is C15H23N. The smallest absolute Gasteiger partial charge is 0.0242 e. The van der Waals surface area contributed by atoms with Crippen molar-refractivity contribution in [3.05, 3.63) is 34.9 Å². The number of hydrogen-bond acceptors (Lipinski definition) is 1. The van der Waals surface area contributed by atoms with Crippen LogP contribution >= 0.6 is 0 Å². The zero-order valence-corrected chi connectivity index (χ0v) is 10.8. The molecule has 0 fully saturated rings. The Kier molecular flexibility index (Phi) is 3.65. The molecule has 1 aliphatic rings. The molecule has 1 atom stereocenters. The fourth-order valence-corrected chi connectivity index (χ4v) is 2.64. The SMILES string of the molecule is CCc1cccc2c1CN(C(C)CC)CC2. The second kappa shape index (κ2) is 5.01. The Balaban J connectivity index is 2.24. The van der Waals surface area contributed by atoms with E-state index in [0.29, 0.717) is 0 Å². The van der Waals surface area contributed by atoms with Crippen LogP contribution in [0.25, 0.3) is 0 Å². The molecule has 1 aromatic rings. The summed E-state index contributed by atoms with van der Waals surface area (Å²) in [4.78, 5) is 2.63. The van der Waals surface area contributed by atoms with Crippen molar-refractivity contribution in [1.82, 2.24) is 4.90 Å². The van der Waals surface area contributed by atoms with Crippen molar-refractivity contribution in [2.45, 2.75) is 52.6 Å². The molecule has 2 rings (SSSR count). The Morgan fingerprint density at radius 3 is 2.81 bits per heavy atom. The molecule has 0 radical (unpaired) electrons. The van der Waals surface area contributed by atoms with E-state index in [0.717, 1.165) is 19.0 Å². The molecule has 1 unspecified atom stereocenters. The van der Waals surface area contributed by atoms with E-state index in [1.54, 1.807) is 16.7 Å². The Morgan fingerprint density at radius 1 is 1.31 bits per heavy atom. The molecule has 0 spiro atoms. The molecule has 0 aromatic heterocycles. The largest absolute Gasteiger partial charge is 0.296 e. The van der Waals surface area contributed by atoms with Crippen molar-refractivity contribution in [2.75, 3.05) is 6.54 Å². The van der Waals surface area contributed by atoms with Gasteiger partial charge in [-0.25, -0.2) is 0 Å². The van der Waals surface area contributed by atoms with Gasteiger partial charge in [0.15, 0.2) is 0 Å². The van der Waals surface area contributed by atoms with E-state index in [4.69, 9.17) is 0 Å². The predicted octanol–water partition coefficient (Wildman–Crippen LogP) is 3.41. The second-order valence-electron chi connectivity index (χ2n) is 4.89. The first-order chi connectivity index (χ1) is 7.76. The van der Waals surface area contributed by atoms with Crippen LogP contribution in [0.15, 0.2) is 18.2 Å². The van der Waals surface area contributed by atoms with E-state index in [9.17, 15) is 0 Å². The normalized spacial score (nSPS) is 18.2. The fourth-order valence-electron chi connectivity index (χ4n) is 2.64. The van der Waals surface area contributed by atoms with Crippen LogP contribution in [0.5, 0.6) is 0 Å². The van der Waals surface area contributed by atoms with E-state index in [-0.39, 0.29) is 0 Å². The highest BCUT2D eigenvalue weighted by atomic mass is 15.2. The maximum Gasteiger partial charge on any atom is 0.0242 e. The number of rotatable bonds is 3. The van der Waals surface area contributed by atoms with Gasteiger partial charge in [-0.15, -0.1) is 0 Å². The highest BCUT2D eigenvalue weighted by Gasteiger charge is 2.20. The molecular weight excluding hydrogens is 194 g/mol. The van der Waals surface area contributed by atoms with Crippen LogP contribution < -0.4 is 0 Å². The van der Waals surface area contributed by atoms with Gasteiger partial charge in [0.2, 0.25) is 0 Å². The van der Waals surface area contributed by atoms with Gasteiger partial charge in [-0.1, -0.05) is 32.0 Å². The van der Waals surface area contributed by atoms with E-state index in [1.165, 1.54) is 19.4 Å². The lowest BCUT2D eigenvalue weighted by Gasteiger charge is -2.34. The molecule has 1 heteroatoms. The number of aryl methyl sites for hydroxylation is 1. The minimum absolute atomic E-state index is 0.720. The minimum atomic E-state index is 0.720. The maximum absolute atomic E-state index is 2.63. The van der Waals surface area contributed by atoms with E-state index < -0.39 is 0 Å². The maximum atomic E-state index is 2.63. The summed E-state index contributed by atoms with van der Waals surface area (Å²) in [6.07, 6.45) is 3.65. The van der Waals surface area contributed by atoms with Gasteiger partial charge in [0.05, 0.1) is 0 Å². The zero-order chi connectivity index (χ0) is 11.5. The van der Waals surface area contributed by atoms with E-state index in [2.05, 4.69) is 43.9 Å². The molecule has 0 saturated carbocycles. The summed E-state index contributed by atoms with van der Waals surface area (Å²) < 4.78 is 0. The quantitative estimate of drug-likeness (QED) is 0.750. The first kappa shape index (κ1) is 11.7. The fraction of sp³-hybridized carbons (Fsp3) is 0.600. The predicted molar refractivity (Wildman–Crippen MR) is 69.7 cm³/mol. The summed E-state index contributed by atoms with van der Waals surface area (Å²) in [7, 11) is 0. The lowest BCUT2D eigenvalue weighted by atomic mass is 9.93. The van der Waals surface area contributed by atoms with Crippen molar-refractivity contribution < 1.29 is 0 Å². The van der Waals surface area contributed by atoms with Crippen LogP contribution in [-0.2, 0) is 19.4 Å². The molecule has 1 nitrogen and oxygen atoms in total. The first-order valence-corrected chi connectivity index (χ1v) is 6.60. The summed E-state index contributed by atoms with van der Waals surface area (Å²) in [5.41, 5.74) is 4.74. The number of benzene rings is 1. The highest BCUT2D eigenvalue weighted by Crippen LogP contribution is 2.24. The van der Waals surface area contributed by atoms with Gasteiger partial charge in [0, 0.05) is 19.1 Å². The monoisotopic (exact) mass is 217 g/mol. The zero-order valence-electron chi connectivity index (χ0n) is 10.8. The van der Waals surface area contributed by atoms with Crippen molar-refractivity contribution >= 4 is 0 Å². The highest BCUT2D eigenvalue weighted by molar-refractivity contribution is 5.37. The Bertz CT molecular complexity index is 342. The molecule has 0 saturated heterocycles. The molecule has 0 N–H and O–H groups in total. The number of hydrogen-bond donors (Lipinski definition) is 0. The third-order valence-corrected chi connectivity index (χ3v) is 3.99. The molecule has 16 heavy (non-hydrogen) atoms. The molecule has 0 aliphatic carbocycles. The van der Waals surface area contributed by atoms with Gasteiger partial charge in [0.1, 0.15) is 0 Å². The van der Waals surface area contributed by atoms with Crippen LogP contribution in [0.3, 0.4) is 0 Å². The van der Waals surface area contributed by atoms with Crippen LogP contribution in [0.1, 0.15) is 43.9 Å². The van der Waals surface area contributed by atoms with Crippen molar-refractivity contribution in [3.8, 4) is 0 Å². The second-order valence-corrected chi connectivity index (χ2v) is 4.89. The lowest BCUT2D eigenvalue weighted by Crippen LogP contribution is -2.37. The summed E-state index contributed by atoms with van der Waals surface area (Å²) in [6, 6.07) is 7.54. The average Bonchev–Trinajstić information content (AvgIpc) is 2.36. The van der Waals surface area contributed by atoms with Crippen LogP contribution in [-0.4, -0.2) is 17.5 Å². The Hall–Kier alpha value is -0.820. The topological polar surface area (TPSA) is 3.24 Å². The molecule has 1 heterocycles. The summed E-state index contributed by atoms with van der Waals surface area (Å²) in [5, 5.41) is 0. The van der Waals surface area contributed by atoms with E-state index >= 15 is 0 Å². The van der Waals surface area contributed by atoms with Gasteiger partial charge < -0.3 is 0 Å². The third-order valence-electron chi connectivity index (χ3n) is 3.99. The van der Waals surface area contributed by atoms with Crippen LogP contribution in [0.4, 0.5) is 0 Å². The standard InChI is InChI=1S/C15H23N/c1-4-12(3)16-10-9-14-8-6-7-13(5-2)15(14)11-16/h6-8,12H,4-5,9-11H2,1-3H3. The van der Waals surface area contributed by atoms with Gasteiger partial charge >= 0.3 is 0 Å². The lowest BCUT2D eigenvalue weighted by molar-refractivity contribution is 0.186. The molecule has 88 valence electrons. The van der Waals surface area contributed by atoms with Gasteiger partial charge in [-0.05, 0) is 42.9 Å². The third kappa shape index (κ3) is 2.15. The molecule has 0 bridgehead atoms. The van der Waals surface area contributed by atoms with E-state index in [1.807, 2.05) is 0 Å². The minimum Gasteiger partial charge on any atom is -0.296 e. The van der Waals surface area contributed by atoms with Crippen LogP contribution in [0, 0.1) is 0 Å². The van der Waals surface area contributed by atoms with Crippen molar-refractivity contribution in [2.24, 2.45) is 0 Å². The molecule has 1 aliphatic heterocycles. The van der Waals surface area contributed by atoms with Crippen molar-refractivity contribution in [3.63, 3.8) is 0 Å². The van der Waals surface area contributed by atoms with Crippen molar-refractivity contribution in [1.29, 1.82) is 0 Å².